The number of aromatic nitrogens is 2. The third-order valence-electron chi connectivity index (χ3n) is 4.16. The summed E-state index contributed by atoms with van der Waals surface area (Å²) in [6.07, 6.45) is 1.90. The van der Waals surface area contributed by atoms with Gasteiger partial charge in [0.15, 0.2) is 11.5 Å². The number of aromatic carboxylic acids is 1. The number of fused-ring (bicyclic) bond motifs is 1. The van der Waals surface area contributed by atoms with Crippen LogP contribution < -0.4 is 15.0 Å². The molecule has 0 bridgehead atoms. The van der Waals surface area contributed by atoms with Crippen molar-refractivity contribution in [2.45, 2.75) is 19.9 Å². The molecule has 0 fully saturated rings. The summed E-state index contributed by atoms with van der Waals surface area (Å²) < 4.78 is 17.1. The molecule has 3 aromatic rings. The Kier molecular flexibility index (Phi) is 4.66. The Morgan fingerprint density at radius 3 is 2.65 bits per heavy atom. The van der Waals surface area contributed by atoms with E-state index in [0.29, 0.717) is 24.5 Å². The van der Waals surface area contributed by atoms with Crippen LogP contribution in [-0.4, -0.2) is 34.8 Å². The Bertz CT molecular complexity index is 1030. The van der Waals surface area contributed by atoms with Gasteiger partial charge in [0.2, 0.25) is 5.71 Å². The smallest absolute Gasteiger partial charge is 0.340 e. The highest BCUT2D eigenvalue weighted by molar-refractivity contribution is 6.02. The molecule has 8 nitrogen and oxygen atoms in total. The number of ether oxygens (including phenoxy) is 2. The lowest BCUT2D eigenvalue weighted by Crippen LogP contribution is -2.22. The van der Waals surface area contributed by atoms with E-state index in [4.69, 9.17) is 13.9 Å². The fraction of sp³-hybridized carbons (Fsp3) is 0.278. The van der Waals surface area contributed by atoms with E-state index in [1.807, 2.05) is 12.1 Å². The van der Waals surface area contributed by atoms with E-state index in [1.54, 1.807) is 20.3 Å². The quantitative estimate of drug-likeness (QED) is 0.721. The molecule has 2 heterocycles. The van der Waals surface area contributed by atoms with Gasteiger partial charge in [0.05, 0.1) is 14.2 Å². The summed E-state index contributed by atoms with van der Waals surface area (Å²) in [5.41, 5.74) is 0.395. The van der Waals surface area contributed by atoms with Crippen molar-refractivity contribution in [2.24, 2.45) is 0 Å². The number of carboxylic acids is 1. The molecule has 0 aliphatic heterocycles. The lowest BCUT2D eigenvalue weighted by molar-refractivity contribution is 0.0697. The van der Waals surface area contributed by atoms with Crippen molar-refractivity contribution in [1.82, 2.24) is 9.55 Å². The van der Waals surface area contributed by atoms with Crippen molar-refractivity contribution in [3.63, 3.8) is 0 Å². The van der Waals surface area contributed by atoms with Gasteiger partial charge in [-0.2, -0.15) is 0 Å². The van der Waals surface area contributed by atoms with Gasteiger partial charge in [0, 0.05) is 6.54 Å². The maximum atomic E-state index is 12.7. The van der Waals surface area contributed by atoms with Crippen molar-refractivity contribution >= 4 is 17.1 Å². The first kappa shape index (κ1) is 17.5. The summed E-state index contributed by atoms with van der Waals surface area (Å²) in [4.78, 5) is 28.1. The minimum atomic E-state index is -1.21. The molecule has 1 N–H and O–H groups in total. The van der Waals surface area contributed by atoms with Gasteiger partial charge >= 0.3 is 5.97 Å². The second-order valence-electron chi connectivity index (χ2n) is 5.70. The Balaban J connectivity index is 1.93. The van der Waals surface area contributed by atoms with Gasteiger partial charge < -0.3 is 19.0 Å². The average Bonchev–Trinajstić information content (AvgIpc) is 2.97. The largest absolute Gasteiger partial charge is 0.493 e. The van der Waals surface area contributed by atoms with Crippen LogP contribution in [0.4, 0.5) is 0 Å². The minimum Gasteiger partial charge on any atom is -0.493 e. The predicted molar refractivity (Wildman–Crippen MR) is 93.2 cm³/mol. The van der Waals surface area contributed by atoms with E-state index in [-0.39, 0.29) is 22.4 Å². The lowest BCUT2D eigenvalue weighted by atomic mass is 10.1. The number of methoxy groups -OCH3 is 2. The Morgan fingerprint density at radius 2 is 2.00 bits per heavy atom. The standard InChI is InChI=1S/C18H18N2O6/c1-10-14(18(22)23)15-16(26-10)19-9-20(17(15)21)7-6-11-4-5-12(24-2)13(8-11)25-3/h4-5,8-9H,6-7H2,1-3H3,(H,22,23). The van der Waals surface area contributed by atoms with Crippen LogP contribution in [-0.2, 0) is 13.0 Å². The Morgan fingerprint density at radius 1 is 1.27 bits per heavy atom. The zero-order valence-corrected chi connectivity index (χ0v) is 14.6. The fourth-order valence-electron chi connectivity index (χ4n) is 2.84. The second-order valence-corrected chi connectivity index (χ2v) is 5.70. The average molecular weight is 358 g/mol. The summed E-state index contributed by atoms with van der Waals surface area (Å²) in [6.45, 7) is 1.83. The van der Waals surface area contributed by atoms with Gasteiger partial charge in [-0.25, -0.2) is 9.78 Å². The van der Waals surface area contributed by atoms with Gasteiger partial charge in [-0.15, -0.1) is 0 Å². The van der Waals surface area contributed by atoms with Crippen molar-refractivity contribution < 1.29 is 23.8 Å². The second kappa shape index (κ2) is 6.91. The third kappa shape index (κ3) is 3.01. The molecule has 0 unspecified atom stereocenters. The van der Waals surface area contributed by atoms with E-state index in [2.05, 4.69) is 4.98 Å². The molecule has 0 radical (unpaired) electrons. The molecule has 0 aliphatic carbocycles. The van der Waals surface area contributed by atoms with E-state index in [1.165, 1.54) is 17.8 Å². The van der Waals surface area contributed by atoms with Gasteiger partial charge in [-0.1, -0.05) is 6.07 Å². The molecular formula is C18H18N2O6. The minimum absolute atomic E-state index is 0.00943. The van der Waals surface area contributed by atoms with E-state index in [0.717, 1.165) is 5.56 Å². The number of aryl methyl sites for hydroxylation is 3. The summed E-state index contributed by atoms with van der Waals surface area (Å²) in [5, 5.41) is 9.31. The topological polar surface area (TPSA) is 104 Å². The molecule has 0 saturated carbocycles. The molecule has 0 saturated heterocycles. The number of carboxylic acid groups (broad SMARTS) is 1. The van der Waals surface area contributed by atoms with Gasteiger partial charge in [-0.05, 0) is 31.0 Å². The zero-order chi connectivity index (χ0) is 18.8. The van der Waals surface area contributed by atoms with Gasteiger partial charge in [-0.3, -0.25) is 9.36 Å². The summed E-state index contributed by atoms with van der Waals surface area (Å²) in [7, 11) is 3.11. The van der Waals surface area contributed by atoms with Crippen LogP contribution in [0.1, 0.15) is 21.7 Å². The van der Waals surface area contributed by atoms with Crippen molar-refractivity contribution in [3.8, 4) is 11.5 Å². The molecule has 0 aliphatic rings. The molecule has 8 heteroatoms. The van der Waals surface area contributed by atoms with Gasteiger partial charge in [0.25, 0.3) is 5.56 Å². The first-order valence-electron chi connectivity index (χ1n) is 7.89. The molecule has 136 valence electrons. The Labute approximate surface area is 148 Å². The summed E-state index contributed by atoms with van der Waals surface area (Å²) in [6, 6.07) is 5.50. The van der Waals surface area contributed by atoms with Crippen molar-refractivity contribution in [2.75, 3.05) is 14.2 Å². The van der Waals surface area contributed by atoms with Crippen LogP contribution in [0.25, 0.3) is 11.1 Å². The molecule has 0 atom stereocenters. The van der Waals surface area contributed by atoms with Crippen LogP contribution >= 0.6 is 0 Å². The van der Waals surface area contributed by atoms with Crippen LogP contribution in [0, 0.1) is 6.92 Å². The summed E-state index contributed by atoms with van der Waals surface area (Å²) in [5.74, 6) is 0.175. The van der Waals surface area contributed by atoms with Crippen molar-refractivity contribution in [3.05, 3.63) is 51.8 Å². The molecule has 1 aromatic carbocycles. The monoisotopic (exact) mass is 358 g/mol. The highest BCUT2D eigenvalue weighted by Crippen LogP contribution is 2.27. The highest BCUT2D eigenvalue weighted by Gasteiger charge is 2.22. The first-order chi connectivity index (χ1) is 12.5. The Hall–Kier alpha value is -3.29. The number of carbonyl (C=O) groups is 1. The van der Waals surface area contributed by atoms with Crippen LogP contribution in [0.5, 0.6) is 11.5 Å². The molecule has 0 spiro atoms. The number of hydrogen-bond donors (Lipinski definition) is 1. The summed E-state index contributed by atoms with van der Waals surface area (Å²) >= 11 is 0. The fourth-order valence-corrected chi connectivity index (χ4v) is 2.84. The molecule has 0 amide bonds. The first-order valence-corrected chi connectivity index (χ1v) is 7.89. The molecule has 2 aromatic heterocycles. The number of nitrogens with zero attached hydrogens (tertiary/aromatic N) is 2. The SMILES string of the molecule is COc1ccc(CCn2cnc3oc(C)c(C(=O)O)c3c2=O)cc1OC. The van der Waals surface area contributed by atoms with Crippen molar-refractivity contribution in [1.29, 1.82) is 0 Å². The number of rotatable bonds is 6. The number of benzene rings is 1. The van der Waals surface area contributed by atoms with Gasteiger partial charge in [0.1, 0.15) is 23.0 Å². The van der Waals surface area contributed by atoms with E-state index >= 15 is 0 Å². The van der Waals surface area contributed by atoms with Crippen LogP contribution in [0.2, 0.25) is 0 Å². The highest BCUT2D eigenvalue weighted by atomic mass is 16.5. The molecule has 26 heavy (non-hydrogen) atoms. The lowest BCUT2D eigenvalue weighted by Gasteiger charge is -2.10. The molecular weight excluding hydrogens is 340 g/mol. The van der Waals surface area contributed by atoms with E-state index in [9.17, 15) is 14.7 Å². The van der Waals surface area contributed by atoms with Crippen LogP contribution in [0.3, 0.4) is 0 Å². The van der Waals surface area contributed by atoms with Crippen LogP contribution in [0.15, 0.2) is 33.7 Å². The number of hydrogen-bond acceptors (Lipinski definition) is 6. The maximum Gasteiger partial charge on any atom is 0.340 e. The molecule has 3 rings (SSSR count). The van der Waals surface area contributed by atoms with E-state index < -0.39 is 11.5 Å². The normalized spacial score (nSPS) is 10.9. The number of furan rings is 1. The zero-order valence-electron chi connectivity index (χ0n) is 14.6. The maximum absolute atomic E-state index is 12.7. The third-order valence-corrected chi connectivity index (χ3v) is 4.16. The predicted octanol–water partition coefficient (Wildman–Crippen LogP) is 2.26.